The molecule has 19 heavy (non-hydrogen) atoms. The first kappa shape index (κ1) is 12.2. The van der Waals surface area contributed by atoms with E-state index in [-0.39, 0.29) is 6.04 Å². The van der Waals surface area contributed by atoms with Gasteiger partial charge in [-0.05, 0) is 24.1 Å². The lowest BCUT2D eigenvalue weighted by Gasteiger charge is -2.18. The third-order valence-corrected chi connectivity index (χ3v) is 3.61. The number of fused-ring (bicyclic) bond motifs is 1. The molecule has 0 amide bonds. The van der Waals surface area contributed by atoms with Gasteiger partial charge in [0.15, 0.2) is 0 Å². The van der Waals surface area contributed by atoms with E-state index in [2.05, 4.69) is 22.9 Å². The molecule has 100 valence electrons. The highest BCUT2D eigenvalue weighted by atomic mass is 16.5. The molecule has 3 rings (SSSR count). The van der Waals surface area contributed by atoms with Gasteiger partial charge >= 0.3 is 0 Å². The fraction of sp³-hybridized carbons (Fsp3) is 0.400. The lowest BCUT2D eigenvalue weighted by Crippen LogP contribution is -2.30. The van der Waals surface area contributed by atoms with Crippen LogP contribution in [0.15, 0.2) is 30.5 Å². The van der Waals surface area contributed by atoms with E-state index in [0.717, 1.165) is 43.1 Å². The van der Waals surface area contributed by atoms with Gasteiger partial charge < -0.3 is 15.0 Å². The van der Waals surface area contributed by atoms with Gasteiger partial charge in [0.05, 0.1) is 12.8 Å². The molecule has 2 N–H and O–H groups in total. The van der Waals surface area contributed by atoms with Gasteiger partial charge in [0.2, 0.25) is 0 Å². The van der Waals surface area contributed by atoms with E-state index in [9.17, 15) is 0 Å². The fourth-order valence-electron chi connectivity index (χ4n) is 2.59. The Kier molecular flexibility index (Phi) is 3.25. The molecule has 1 aliphatic rings. The Morgan fingerprint density at radius 2 is 2.37 bits per heavy atom. The standard InChI is InChI=1S/C15H19N3O/c1-19-14-4-2-3-11(8-14)7-13-10-18-6-5-12(16)9-15(18)17-13/h2-4,8,10,12H,5-7,9,16H2,1H3. The predicted octanol–water partition coefficient (Wildman–Crippen LogP) is 1.76. The molecule has 0 radical (unpaired) electrons. The quantitative estimate of drug-likeness (QED) is 0.911. The molecular formula is C15H19N3O. The van der Waals surface area contributed by atoms with Crippen molar-refractivity contribution in [3.63, 3.8) is 0 Å². The predicted molar refractivity (Wildman–Crippen MR) is 74.3 cm³/mol. The first-order valence-electron chi connectivity index (χ1n) is 6.68. The second-order valence-corrected chi connectivity index (χ2v) is 5.12. The van der Waals surface area contributed by atoms with Crippen LogP contribution in [-0.4, -0.2) is 22.7 Å². The van der Waals surface area contributed by atoms with Gasteiger partial charge in [0, 0.05) is 31.6 Å². The van der Waals surface area contributed by atoms with Gasteiger partial charge in [-0.25, -0.2) is 4.98 Å². The van der Waals surface area contributed by atoms with Gasteiger partial charge in [-0.2, -0.15) is 0 Å². The zero-order valence-corrected chi connectivity index (χ0v) is 11.2. The third kappa shape index (κ3) is 2.63. The van der Waals surface area contributed by atoms with Crippen molar-refractivity contribution in [2.24, 2.45) is 5.73 Å². The van der Waals surface area contributed by atoms with Gasteiger partial charge in [-0.1, -0.05) is 12.1 Å². The van der Waals surface area contributed by atoms with Crippen LogP contribution in [0.2, 0.25) is 0 Å². The highest BCUT2D eigenvalue weighted by Crippen LogP contribution is 2.18. The highest BCUT2D eigenvalue weighted by Gasteiger charge is 2.17. The number of hydrogen-bond donors (Lipinski definition) is 1. The van der Waals surface area contributed by atoms with Crippen molar-refractivity contribution >= 4 is 0 Å². The summed E-state index contributed by atoms with van der Waals surface area (Å²) in [4.78, 5) is 4.69. The van der Waals surface area contributed by atoms with Crippen molar-refractivity contribution in [1.82, 2.24) is 9.55 Å². The van der Waals surface area contributed by atoms with E-state index in [1.807, 2.05) is 12.1 Å². The lowest BCUT2D eigenvalue weighted by atomic mass is 10.1. The number of imidazole rings is 1. The van der Waals surface area contributed by atoms with Crippen LogP contribution < -0.4 is 10.5 Å². The molecule has 0 spiro atoms. The van der Waals surface area contributed by atoms with Crippen LogP contribution in [0.4, 0.5) is 0 Å². The number of rotatable bonds is 3. The zero-order valence-electron chi connectivity index (χ0n) is 11.2. The van der Waals surface area contributed by atoms with Crippen molar-refractivity contribution in [2.75, 3.05) is 7.11 Å². The first-order valence-corrected chi connectivity index (χ1v) is 6.68. The van der Waals surface area contributed by atoms with Crippen molar-refractivity contribution in [2.45, 2.75) is 31.8 Å². The molecule has 1 atom stereocenters. The van der Waals surface area contributed by atoms with Crippen LogP contribution in [0.5, 0.6) is 5.75 Å². The monoisotopic (exact) mass is 257 g/mol. The maximum atomic E-state index is 5.98. The number of nitrogens with two attached hydrogens (primary N) is 1. The number of hydrogen-bond acceptors (Lipinski definition) is 3. The summed E-state index contributed by atoms with van der Waals surface area (Å²) in [5.41, 5.74) is 8.31. The van der Waals surface area contributed by atoms with Gasteiger partial charge in [-0.3, -0.25) is 0 Å². The van der Waals surface area contributed by atoms with Crippen molar-refractivity contribution in [3.8, 4) is 5.75 Å². The summed E-state index contributed by atoms with van der Waals surface area (Å²) in [5, 5.41) is 0. The van der Waals surface area contributed by atoms with Gasteiger partial charge in [0.1, 0.15) is 11.6 Å². The minimum Gasteiger partial charge on any atom is -0.497 e. The Morgan fingerprint density at radius 1 is 1.47 bits per heavy atom. The molecule has 2 aromatic rings. The van der Waals surface area contributed by atoms with Gasteiger partial charge in [-0.15, -0.1) is 0 Å². The molecule has 0 saturated carbocycles. The summed E-state index contributed by atoms with van der Waals surface area (Å²) in [6.45, 7) is 0.988. The largest absolute Gasteiger partial charge is 0.497 e. The van der Waals surface area contributed by atoms with E-state index in [1.54, 1.807) is 7.11 Å². The topological polar surface area (TPSA) is 53.1 Å². The molecule has 0 fully saturated rings. The van der Waals surface area contributed by atoms with Crippen LogP contribution in [0, 0.1) is 0 Å². The number of nitrogens with zero attached hydrogens (tertiary/aromatic N) is 2. The zero-order chi connectivity index (χ0) is 13.2. The lowest BCUT2D eigenvalue weighted by molar-refractivity contribution is 0.414. The van der Waals surface area contributed by atoms with Crippen molar-refractivity contribution < 1.29 is 4.74 Å². The first-order chi connectivity index (χ1) is 9.24. The van der Waals surface area contributed by atoms with E-state index >= 15 is 0 Å². The molecule has 4 heteroatoms. The van der Waals surface area contributed by atoms with Crippen molar-refractivity contribution in [1.29, 1.82) is 0 Å². The van der Waals surface area contributed by atoms with Gasteiger partial charge in [0.25, 0.3) is 0 Å². The van der Waals surface area contributed by atoms with Crippen LogP contribution in [0.3, 0.4) is 0 Å². The number of ether oxygens (including phenoxy) is 1. The number of aromatic nitrogens is 2. The molecule has 0 saturated heterocycles. The molecule has 4 nitrogen and oxygen atoms in total. The number of benzene rings is 1. The SMILES string of the molecule is COc1cccc(Cc2cn3c(n2)CC(N)CC3)c1. The molecular weight excluding hydrogens is 238 g/mol. The van der Waals surface area contributed by atoms with E-state index in [0.29, 0.717) is 0 Å². The maximum absolute atomic E-state index is 5.98. The van der Waals surface area contributed by atoms with Crippen LogP contribution in [0.1, 0.15) is 23.5 Å². The Bertz CT molecular complexity index is 577. The number of methoxy groups -OCH3 is 1. The molecule has 1 aliphatic heterocycles. The summed E-state index contributed by atoms with van der Waals surface area (Å²) < 4.78 is 7.48. The fourth-order valence-corrected chi connectivity index (χ4v) is 2.59. The van der Waals surface area contributed by atoms with E-state index < -0.39 is 0 Å². The summed E-state index contributed by atoms with van der Waals surface area (Å²) in [6, 6.07) is 8.40. The average Bonchev–Trinajstić information content (AvgIpc) is 2.80. The summed E-state index contributed by atoms with van der Waals surface area (Å²) in [6.07, 6.45) is 4.92. The van der Waals surface area contributed by atoms with Crippen LogP contribution >= 0.6 is 0 Å². The normalized spacial score (nSPS) is 18.1. The molecule has 0 aliphatic carbocycles. The minimum absolute atomic E-state index is 0.263. The summed E-state index contributed by atoms with van der Waals surface area (Å²) >= 11 is 0. The van der Waals surface area contributed by atoms with Crippen LogP contribution in [-0.2, 0) is 19.4 Å². The second-order valence-electron chi connectivity index (χ2n) is 5.12. The average molecular weight is 257 g/mol. The third-order valence-electron chi connectivity index (χ3n) is 3.61. The Hall–Kier alpha value is -1.81. The minimum atomic E-state index is 0.263. The molecule has 0 bridgehead atoms. The molecule has 1 aromatic carbocycles. The molecule has 1 unspecified atom stereocenters. The van der Waals surface area contributed by atoms with E-state index in [1.165, 1.54) is 5.56 Å². The van der Waals surface area contributed by atoms with E-state index in [4.69, 9.17) is 15.5 Å². The summed E-state index contributed by atoms with van der Waals surface area (Å²) in [7, 11) is 1.69. The smallest absolute Gasteiger partial charge is 0.119 e. The molecule has 2 heterocycles. The highest BCUT2D eigenvalue weighted by molar-refractivity contribution is 5.31. The second kappa shape index (κ2) is 5.05. The Morgan fingerprint density at radius 3 is 3.21 bits per heavy atom. The Labute approximate surface area is 113 Å². The van der Waals surface area contributed by atoms with Crippen molar-refractivity contribution in [3.05, 3.63) is 47.5 Å². The number of aryl methyl sites for hydroxylation is 1. The summed E-state index contributed by atoms with van der Waals surface area (Å²) in [5.74, 6) is 2.01. The maximum Gasteiger partial charge on any atom is 0.119 e. The molecule has 1 aromatic heterocycles. The Balaban J connectivity index is 1.80. The van der Waals surface area contributed by atoms with Crippen LogP contribution in [0.25, 0.3) is 0 Å².